The third kappa shape index (κ3) is 24.8. The molecule has 21 aromatic rings. The molecule has 3 aromatic heterocycles. The molecular weight excluding hydrogens is 1660 g/mol. The van der Waals surface area contributed by atoms with Crippen molar-refractivity contribution in [3.05, 3.63) is 428 Å². The fourth-order valence-electron chi connectivity index (χ4n) is 18.2. The molecule has 0 aliphatic rings. The number of fused-ring (bicyclic) bond motifs is 3. The second kappa shape index (κ2) is 45.9. The van der Waals surface area contributed by atoms with Gasteiger partial charge in [0, 0.05) is 19.5 Å². The zero-order valence-electron chi connectivity index (χ0n) is 82.8. The number of hydrogen-bond acceptors (Lipinski definition) is 5. The molecule has 0 amide bonds. The molecule has 676 valence electrons. The van der Waals surface area contributed by atoms with Crippen molar-refractivity contribution in [2.45, 2.75) is 213 Å². The summed E-state index contributed by atoms with van der Waals surface area (Å²) in [5, 5.41) is 22.0. The predicted molar refractivity (Wildman–Crippen MR) is 594 cm³/mol. The molecule has 0 radical (unpaired) electrons. The molecule has 0 spiro atoms. The summed E-state index contributed by atoms with van der Waals surface area (Å²) < 4.78 is 8.46. The Balaban J connectivity index is 0.000000129. The molecule has 0 N–H and O–H groups in total. The maximum Gasteiger partial charge on any atom is 0.108 e. The van der Waals surface area contributed by atoms with Gasteiger partial charge in [0.1, 0.15) is 11.0 Å². The Bertz CT molecular complexity index is 7080. The van der Waals surface area contributed by atoms with Crippen molar-refractivity contribution >= 4 is 132 Å². The highest BCUT2D eigenvalue weighted by atomic mass is 32.1. The van der Waals surface area contributed by atoms with Gasteiger partial charge in [-0.05, 0) is 294 Å². The Morgan fingerprint density at radius 2 is 0.617 bits per heavy atom. The lowest BCUT2D eigenvalue weighted by Crippen LogP contribution is -1.96. The van der Waals surface area contributed by atoms with E-state index < -0.39 is 0 Å². The van der Waals surface area contributed by atoms with Gasteiger partial charge in [0.2, 0.25) is 0 Å². The predicted octanol–water partition coefficient (Wildman–Crippen LogP) is 40.1. The highest BCUT2D eigenvalue weighted by Crippen LogP contribution is 2.42. The minimum atomic E-state index is 0.524. The standard InChI is InChI=1S/C21H20.2C19H16.C17H16.C12H14S2.C12H18.C10H14.C9H10N2S.C9H12/c1-16(2)19-13-20(17-9-5-3-6-10-17)15-21(14-19)18-11-7-4-8-12-18;1-12(2)17-11-15-7-3-5-13-9-10-14-6-4-8-16(17)19(14)18(13)15;1-12(2)17-10-15-8-6-13-4-3-5-14-7-9-16(11-17)19(15)18(13)14;1-12(2)17-15-9-5-3-7-13(15)11-14-8-4-6-10-16(14)17;1-8(2)10-6-7-12(14-10)11-5-4-9(3)13-11;1-8(2)12-10(4)6-9(3)7-11(12)5;1-8(2)10-6-4-9(3)5-7-10;1-6(2)7-4-3-5-8-9(7)11-12-10-8;1-8(2)9-6-4-3-5-7-9/h3-16H,1-2H3;2*3-12H,1-2H3;3-12H,1-2H3;4-8H,1-3H3;6-8H,1-5H3;4-8H,1-3H3;3-6H,1-2H3;3-8H,1-2H3. The maximum atomic E-state index is 4.27. The molecule has 0 aliphatic carbocycles. The van der Waals surface area contributed by atoms with Crippen molar-refractivity contribution < 1.29 is 0 Å². The van der Waals surface area contributed by atoms with Crippen molar-refractivity contribution in [1.82, 2.24) is 8.75 Å². The minimum Gasteiger partial charge on any atom is -0.173 e. The van der Waals surface area contributed by atoms with Gasteiger partial charge in [0.05, 0.1) is 11.7 Å². The fraction of sp³-hybridized carbons (Fsp3) is 0.250. The number of aryl methyl sites for hydroxylation is 5. The van der Waals surface area contributed by atoms with Crippen LogP contribution in [-0.4, -0.2) is 8.75 Å². The SMILES string of the molecule is CC(C)c1c2ccccc2cc2ccccc12.CC(C)c1cc(-c2ccccc2)cc(-c2ccccc2)c1.CC(C)c1cc2ccc3cccc4ccc(c1)c2c34.CC(C)c1cc2cccc3ccc4cccc1c4c32.CC(C)c1cccc2nsnc12.CC(C)c1ccccc1.Cc1cc(C)c(C(C)C)c(C)c1.Cc1ccc(-c2ccc(C(C)C)s2)s1.Cc1ccc(C(C)C)cc1. The van der Waals surface area contributed by atoms with Crippen LogP contribution in [-0.2, 0) is 0 Å². The van der Waals surface area contributed by atoms with E-state index in [0.29, 0.717) is 53.3 Å². The first kappa shape index (κ1) is 98.3. The molecule has 0 fully saturated rings. The van der Waals surface area contributed by atoms with Gasteiger partial charge in [0.15, 0.2) is 0 Å². The highest BCUT2D eigenvalue weighted by Gasteiger charge is 2.18. The Kier molecular flexibility index (Phi) is 34.0. The number of nitrogens with zero attached hydrogens (tertiary/aromatic N) is 2. The topological polar surface area (TPSA) is 25.8 Å². The van der Waals surface area contributed by atoms with Crippen LogP contribution < -0.4 is 0 Å². The van der Waals surface area contributed by atoms with E-state index >= 15 is 0 Å². The number of hydrogen-bond donors (Lipinski definition) is 0. The number of thiophene rings is 2. The monoisotopic (exact) mass is 1800 g/mol. The zero-order chi connectivity index (χ0) is 94.7. The zero-order valence-corrected chi connectivity index (χ0v) is 85.3. The van der Waals surface area contributed by atoms with Crippen LogP contribution in [0.15, 0.2) is 352 Å². The van der Waals surface area contributed by atoms with Crippen LogP contribution in [0.2, 0.25) is 0 Å². The average molecular weight is 1800 g/mol. The molecule has 0 atom stereocenters. The van der Waals surface area contributed by atoms with Gasteiger partial charge in [-0.2, -0.15) is 8.75 Å². The van der Waals surface area contributed by atoms with Crippen LogP contribution in [0.5, 0.6) is 0 Å². The molecular formula is C128H136N2S3. The van der Waals surface area contributed by atoms with Crippen LogP contribution in [0.3, 0.4) is 0 Å². The van der Waals surface area contributed by atoms with Crippen LogP contribution in [0.4, 0.5) is 0 Å². The summed E-state index contributed by atoms with van der Waals surface area (Å²) >= 11 is 5.08. The van der Waals surface area contributed by atoms with Crippen LogP contribution >= 0.6 is 34.4 Å². The van der Waals surface area contributed by atoms with Crippen molar-refractivity contribution in [2.24, 2.45) is 0 Å². The van der Waals surface area contributed by atoms with Gasteiger partial charge < -0.3 is 0 Å². The minimum absolute atomic E-state index is 0.524. The van der Waals surface area contributed by atoms with E-state index in [2.05, 4.69) is 502 Å². The lowest BCUT2D eigenvalue weighted by molar-refractivity contribution is 0.845. The number of benzene rings is 18. The summed E-state index contributed by atoms with van der Waals surface area (Å²) in [5.41, 5.74) is 24.2. The first-order chi connectivity index (χ1) is 64.0. The molecule has 5 heteroatoms. The summed E-state index contributed by atoms with van der Waals surface area (Å²) in [6, 6.07) is 127. The molecule has 0 saturated heterocycles. The maximum absolute atomic E-state index is 4.27. The molecule has 3 heterocycles. The first-order valence-electron chi connectivity index (χ1n) is 48.1. The van der Waals surface area contributed by atoms with Crippen LogP contribution in [0.1, 0.15) is 254 Å². The molecule has 0 unspecified atom stereocenters. The molecule has 0 saturated carbocycles. The van der Waals surface area contributed by atoms with E-state index in [0.717, 1.165) is 11.0 Å². The van der Waals surface area contributed by atoms with Crippen molar-refractivity contribution in [3.63, 3.8) is 0 Å². The summed E-state index contributed by atoms with van der Waals surface area (Å²) in [4.78, 5) is 5.68. The van der Waals surface area contributed by atoms with Gasteiger partial charge in [-0.1, -0.05) is 445 Å². The van der Waals surface area contributed by atoms with Crippen molar-refractivity contribution in [1.29, 1.82) is 0 Å². The van der Waals surface area contributed by atoms with E-state index in [4.69, 9.17) is 0 Å². The van der Waals surface area contributed by atoms with E-state index in [1.54, 1.807) is 0 Å². The number of rotatable bonds is 12. The van der Waals surface area contributed by atoms with Gasteiger partial charge in [0.25, 0.3) is 0 Å². The molecule has 18 aromatic carbocycles. The Hall–Kier alpha value is -12.2. The molecule has 133 heavy (non-hydrogen) atoms. The van der Waals surface area contributed by atoms with Crippen LogP contribution in [0.25, 0.3) is 129 Å². The third-order valence-corrected chi connectivity index (χ3v) is 28.3. The van der Waals surface area contributed by atoms with E-state index in [9.17, 15) is 0 Å². The second-order valence-corrected chi connectivity index (χ2v) is 41.4. The smallest absolute Gasteiger partial charge is 0.108 e. The molecule has 0 aliphatic heterocycles. The van der Waals surface area contributed by atoms with Gasteiger partial charge in [-0.25, -0.2) is 0 Å². The number of aromatic nitrogens is 2. The lowest BCUT2D eigenvalue weighted by atomic mass is 9.88. The fourth-order valence-corrected chi connectivity index (χ4v) is 20.7. The van der Waals surface area contributed by atoms with Crippen molar-refractivity contribution in [2.75, 3.05) is 0 Å². The molecule has 21 rings (SSSR count). The summed E-state index contributed by atoms with van der Waals surface area (Å²) in [7, 11) is 0. The quantitative estimate of drug-likeness (QED) is 0.0900. The van der Waals surface area contributed by atoms with E-state index in [-0.39, 0.29) is 0 Å². The van der Waals surface area contributed by atoms with E-state index in [1.807, 2.05) is 40.9 Å². The van der Waals surface area contributed by atoms with Crippen molar-refractivity contribution in [3.8, 4) is 32.0 Å². The summed E-state index contributed by atoms with van der Waals surface area (Å²) in [6.07, 6.45) is 0. The van der Waals surface area contributed by atoms with Gasteiger partial charge >= 0.3 is 0 Å². The second-order valence-electron chi connectivity index (χ2n) is 38.5. The van der Waals surface area contributed by atoms with E-state index in [1.165, 1.54) is 206 Å². The third-order valence-electron chi connectivity index (χ3n) is 25.2. The molecule has 2 nitrogen and oxygen atoms in total. The largest absolute Gasteiger partial charge is 0.173 e. The highest BCUT2D eigenvalue weighted by molar-refractivity contribution is 7.22. The Labute approximate surface area is 807 Å². The average Bonchev–Trinajstić information content (AvgIpc) is 1.13. The summed E-state index contributed by atoms with van der Waals surface area (Å²) in [6.45, 7) is 51.1. The lowest BCUT2D eigenvalue weighted by Gasteiger charge is -2.16. The first-order valence-corrected chi connectivity index (χ1v) is 50.4. The van der Waals surface area contributed by atoms with Gasteiger partial charge in [-0.15, -0.1) is 22.7 Å². The van der Waals surface area contributed by atoms with Gasteiger partial charge in [-0.3, -0.25) is 0 Å². The van der Waals surface area contributed by atoms with Crippen LogP contribution in [0, 0.1) is 34.6 Å². The Morgan fingerprint density at radius 3 is 1.08 bits per heavy atom. The summed E-state index contributed by atoms with van der Waals surface area (Å²) in [5.74, 6) is 5.32. The Morgan fingerprint density at radius 1 is 0.218 bits per heavy atom. The molecule has 0 bridgehead atoms. The normalized spacial score (nSPS) is 11.3.